The van der Waals surface area contributed by atoms with E-state index < -0.39 is 6.04 Å². The molecule has 0 aliphatic heterocycles. The highest BCUT2D eigenvalue weighted by Gasteiger charge is 2.14. The molecule has 5 heteroatoms. The maximum atomic E-state index is 11.9. The summed E-state index contributed by atoms with van der Waals surface area (Å²) in [5.41, 5.74) is 7.92. The van der Waals surface area contributed by atoms with Gasteiger partial charge in [0.15, 0.2) is 0 Å². The fourth-order valence-electron chi connectivity index (χ4n) is 1.94. The number of aromatic nitrogens is 2. The summed E-state index contributed by atoms with van der Waals surface area (Å²) in [5, 5.41) is 2.85. The lowest BCUT2D eigenvalue weighted by Gasteiger charge is -2.12. The van der Waals surface area contributed by atoms with Gasteiger partial charge in [0.1, 0.15) is 11.9 Å². The molecule has 5 nitrogen and oxygen atoms in total. The van der Waals surface area contributed by atoms with E-state index in [-0.39, 0.29) is 5.91 Å². The van der Waals surface area contributed by atoms with E-state index in [0.29, 0.717) is 6.54 Å². The van der Waals surface area contributed by atoms with Gasteiger partial charge in [0, 0.05) is 25.4 Å². The lowest BCUT2D eigenvalue weighted by Crippen LogP contribution is -2.34. The second kappa shape index (κ2) is 6.86. The molecule has 0 aliphatic carbocycles. The summed E-state index contributed by atoms with van der Waals surface area (Å²) in [7, 11) is 0. The highest BCUT2D eigenvalue weighted by Crippen LogP contribution is 2.11. The van der Waals surface area contributed by atoms with Crippen molar-refractivity contribution in [1.29, 1.82) is 0 Å². The van der Waals surface area contributed by atoms with Crippen LogP contribution in [-0.2, 0) is 11.2 Å². The molecule has 2 rings (SSSR count). The van der Waals surface area contributed by atoms with Crippen LogP contribution in [-0.4, -0.2) is 22.4 Å². The summed E-state index contributed by atoms with van der Waals surface area (Å²) >= 11 is 0. The zero-order chi connectivity index (χ0) is 14.4. The largest absolute Gasteiger partial charge is 0.354 e. The van der Waals surface area contributed by atoms with Crippen molar-refractivity contribution in [3.63, 3.8) is 0 Å². The van der Waals surface area contributed by atoms with Gasteiger partial charge in [0.2, 0.25) is 5.91 Å². The van der Waals surface area contributed by atoms with Crippen molar-refractivity contribution in [3.8, 4) is 0 Å². The average Bonchev–Trinajstić information content (AvgIpc) is 2.96. The summed E-state index contributed by atoms with van der Waals surface area (Å²) in [6.45, 7) is 2.60. The Hall–Kier alpha value is -2.14. The van der Waals surface area contributed by atoms with Crippen molar-refractivity contribution >= 4 is 5.91 Å². The summed E-state index contributed by atoms with van der Waals surface area (Å²) < 4.78 is 0. The lowest BCUT2D eigenvalue weighted by molar-refractivity contribution is -0.122. The van der Waals surface area contributed by atoms with Gasteiger partial charge in [0.25, 0.3) is 0 Å². The number of imidazole rings is 1. The third-order valence-electron chi connectivity index (χ3n) is 3.16. The molecule has 20 heavy (non-hydrogen) atoms. The van der Waals surface area contributed by atoms with E-state index in [9.17, 15) is 4.79 Å². The maximum absolute atomic E-state index is 11.9. The maximum Gasteiger partial charge on any atom is 0.241 e. The number of carbonyl (C=O) groups excluding carboxylic acids is 1. The van der Waals surface area contributed by atoms with Crippen molar-refractivity contribution in [2.45, 2.75) is 25.8 Å². The molecule has 0 radical (unpaired) electrons. The minimum absolute atomic E-state index is 0.145. The van der Waals surface area contributed by atoms with E-state index in [1.165, 1.54) is 0 Å². The monoisotopic (exact) mass is 272 g/mol. The Balaban J connectivity index is 1.75. The number of amides is 1. The van der Waals surface area contributed by atoms with Gasteiger partial charge in [-0.05, 0) is 18.9 Å². The zero-order valence-electron chi connectivity index (χ0n) is 11.6. The molecule has 0 saturated heterocycles. The number of carbonyl (C=O) groups is 1. The topological polar surface area (TPSA) is 83.8 Å². The van der Waals surface area contributed by atoms with Crippen LogP contribution < -0.4 is 11.1 Å². The van der Waals surface area contributed by atoms with E-state index in [1.54, 1.807) is 12.4 Å². The van der Waals surface area contributed by atoms with Gasteiger partial charge in [-0.2, -0.15) is 0 Å². The first-order valence-electron chi connectivity index (χ1n) is 6.75. The van der Waals surface area contributed by atoms with Gasteiger partial charge < -0.3 is 16.0 Å². The molecule has 1 atom stereocenters. The highest BCUT2D eigenvalue weighted by atomic mass is 16.2. The Bertz CT molecular complexity index is 534. The third kappa shape index (κ3) is 3.93. The number of aromatic amines is 1. The van der Waals surface area contributed by atoms with Crippen molar-refractivity contribution in [2.24, 2.45) is 5.73 Å². The first-order chi connectivity index (χ1) is 9.66. The third-order valence-corrected chi connectivity index (χ3v) is 3.16. The van der Waals surface area contributed by atoms with Crippen LogP contribution in [0.1, 0.15) is 29.4 Å². The predicted octanol–water partition coefficient (Wildman–Crippen LogP) is 1.47. The molecule has 106 valence electrons. The summed E-state index contributed by atoms with van der Waals surface area (Å²) in [6, 6.07) is 7.09. The number of hydrogen-bond acceptors (Lipinski definition) is 3. The molecule has 1 heterocycles. The van der Waals surface area contributed by atoms with Gasteiger partial charge in [-0.25, -0.2) is 4.98 Å². The van der Waals surface area contributed by atoms with Crippen molar-refractivity contribution in [2.75, 3.05) is 6.54 Å². The number of aryl methyl sites for hydroxylation is 2. The van der Waals surface area contributed by atoms with Crippen molar-refractivity contribution < 1.29 is 4.79 Å². The first-order valence-corrected chi connectivity index (χ1v) is 6.75. The standard InChI is InChI=1S/C15H20N4O/c1-11-4-6-12(7-5-11)14(16)15(20)19-8-2-3-13-17-9-10-18-13/h4-7,9-10,14H,2-3,8,16H2,1H3,(H,17,18)(H,19,20). The molecule has 0 saturated carbocycles. The van der Waals surface area contributed by atoms with Gasteiger partial charge in [-0.15, -0.1) is 0 Å². The minimum atomic E-state index is -0.612. The van der Waals surface area contributed by atoms with Gasteiger partial charge >= 0.3 is 0 Å². The fraction of sp³-hybridized carbons (Fsp3) is 0.333. The Morgan fingerprint density at radius 2 is 2.15 bits per heavy atom. The molecule has 0 aliphatic rings. The quantitative estimate of drug-likeness (QED) is 0.696. The second-order valence-corrected chi connectivity index (χ2v) is 4.82. The molecule has 4 N–H and O–H groups in total. The molecule has 1 aromatic carbocycles. The van der Waals surface area contributed by atoms with Crippen LogP contribution in [0.3, 0.4) is 0 Å². The van der Waals surface area contributed by atoms with Crippen LogP contribution in [0, 0.1) is 6.92 Å². The average molecular weight is 272 g/mol. The predicted molar refractivity (Wildman–Crippen MR) is 78.0 cm³/mol. The summed E-state index contributed by atoms with van der Waals surface area (Å²) in [5.74, 6) is 0.787. The van der Waals surface area contributed by atoms with E-state index in [1.807, 2.05) is 31.2 Å². The Kier molecular flexibility index (Phi) is 4.90. The Labute approximate surface area is 118 Å². The van der Waals surface area contributed by atoms with Crippen LogP contribution in [0.2, 0.25) is 0 Å². The lowest BCUT2D eigenvalue weighted by atomic mass is 10.1. The van der Waals surface area contributed by atoms with Crippen LogP contribution >= 0.6 is 0 Å². The number of benzene rings is 1. The van der Waals surface area contributed by atoms with Crippen molar-refractivity contribution in [1.82, 2.24) is 15.3 Å². The SMILES string of the molecule is Cc1ccc(C(N)C(=O)NCCCc2ncc[nH]2)cc1. The van der Waals surface area contributed by atoms with E-state index in [0.717, 1.165) is 29.8 Å². The normalized spacial score (nSPS) is 12.1. The summed E-state index contributed by atoms with van der Waals surface area (Å²) in [6.07, 6.45) is 5.16. The van der Waals surface area contributed by atoms with Gasteiger partial charge in [0.05, 0.1) is 0 Å². The van der Waals surface area contributed by atoms with E-state index in [2.05, 4.69) is 15.3 Å². The number of H-pyrrole nitrogens is 1. The minimum Gasteiger partial charge on any atom is -0.354 e. The number of nitrogens with one attached hydrogen (secondary N) is 2. The van der Waals surface area contributed by atoms with Crippen LogP contribution in [0.25, 0.3) is 0 Å². The van der Waals surface area contributed by atoms with E-state index >= 15 is 0 Å². The zero-order valence-corrected chi connectivity index (χ0v) is 11.6. The summed E-state index contributed by atoms with van der Waals surface area (Å²) in [4.78, 5) is 19.1. The van der Waals surface area contributed by atoms with E-state index in [4.69, 9.17) is 5.73 Å². The van der Waals surface area contributed by atoms with Crippen LogP contribution in [0.5, 0.6) is 0 Å². The van der Waals surface area contributed by atoms with Gasteiger partial charge in [-0.3, -0.25) is 4.79 Å². The fourth-order valence-corrected chi connectivity index (χ4v) is 1.94. The molecule has 0 fully saturated rings. The molecular formula is C15H20N4O. The number of hydrogen-bond donors (Lipinski definition) is 3. The smallest absolute Gasteiger partial charge is 0.241 e. The van der Waals surface area contributed by atoms with Gasteiger partial charge in [-0.1, -0.05) is 29.8 Å². The molecule has 1 amide bonds. The molecule has 2 aromatic rings. The molecule has 0 bridgehead atoms. The molecule has 1 aromatic heterocycles. The number of nitrogens with two attached hydrogens (primary N) is 1. The Morgan fingerprint density at radius 3 is 2.80 bits per heavy atom. The Morgan fingerprint density at radius 1 is 1.40 bits per heavy atom. The van der Waals surface area contributed by atoms with Crippen LogP contribution in [0.15, 0.2) is 36.7 Å². The number of rotatable bonds is 6. The van der Waals surface area contributed by atoms with Crippen molar-refractivity contribution in [3.05, 3.63) is 53.6 Å². The van der Waals surface area contributed by atoms with Crippen LogP contribution in [0.4, 0.5) is 0 Å². The second-order valence-electron chi connectivity index (χ2n) is 4.82. The first kappa shape index (κ1) is 14.3. The number of nitrogens with zero attached hydrogens (tertiary/aromatic N) is 1. The molecule has 1 unspecified atom stereocenters. The molecular weight excluding hydrogens is 252 g/mol. The highest BCUT2D eigenvalue weighted by molar-refractivity contribution is 5.82. The molecule has 0 spiro atoms.